The minimum atomic E-state index is -0.448. The summed E-state index contributed by atoms with van der Waals surface area (Å²) >= 11 is 0. The van der Waals surface area contributed by atoms with Crippen molar-refractivity contribution in [2.24, 2.45) is 5.73 Å². The summed E-state index contributed by atoms with van der Waals surface area (Å²) in [6, 6.07) is 6.22. The van der Waals surface area contributed by atoms with Crippen LogP contribution in [0.4, 0.5) is 4.39 Å². The number of hydrogen-bond acceptors (Lipinski definition) is 4. The number of aryl methyl sites for hydroxylation is 1. The van der Waals surface area contributed by atoms with E-state index in [4.69, 9.17) is 10.5 Å². The van der Waals surface area contributed by atoms with Gasteiger partial charge in [0.1, 0.15) is 0 Å². The Morgan fingerprint density at radius 3 is 2.76 bits per heavy atom. The third-order valence-corrected chi connectivity index (χ3v) is 2.32. The van der Waals surface area contributed by atoms with Gasteiger partial charge in [-0.05, 0) is 19.1 Å². The first-order chi connectivity index (χ1) is 8.20. The molecule has 0 saturated heterocycles. The van der Waals surface area contributed by atoms with Gasteiger partial charge in [-0.1, -0.05) is 12.1 Å². The van der Waals surface area contributed by atoms with Gasteiger partial charge in [-0.25, -0.2) is 9.37 Å². The van der Waals surface area contributed by atoms with E-state index in [0.29, 0.717) is 6.54 Å². The van der Waals surface area contributed by atoms with Crippen molar-refractivity contribution in [3.8, 4) is 11.8 Å². The van der Waals surface area contributed by atoms with Crippen LogP contribution >= 0.6 is 0 Å². The number of para-hydroxylation sites is 1. The number of halogens is 1. The van der Waals surface area contributed by atoms with E-state index in [9.17, 15) is 4.39 Å². The molecule has 0 fully saturated rings. The average Bonchev–Trinajstić information content (AvgIpc) is 2.32. The van der Waals surface area contributed by atoms with Crippen LogP contribution in [-0.2, 0) is 6.54 Å². The summed E-state index contributed by atoms with van der Waals surface area (Å²) in [6.45, 7) is 2.17. The molecule has 0 aliphatic rings. The summed E-state index contributed by atoms with van der Waals surface area (Å²) in [4.78, 5) is 8.07. The molecular weight excluding hydrogens is 221 g/mol. The molecule has 0 saturated carbocycles. The molecule has 2 rings (SSSR count). The van der Waals surface area contributed by atoms with Gasteiger partial charge < -0.3 is 10.5 Å². The number of nitrogens with two attached hydrogens (primary N) is 1. The highest BCUT2D eigenvalue weighted by atomic mass is 19.1. The van der Waals surface area contributed by atoms with Gasteiger partial charge in [-0.2, -0.15) is 4.98 Å². The molecule has 2 N–H and O–H groups in total. The van der Waals surface area contributed by atoms with Gasteiger partial charge in [0, 0.05) is 24.0 Å². The number of benzene rings is 1. The number of rotatable bonds is 3. The lowest BCUT2D eigenvalue weighted by Crippen LogP contribution is -2.03. The maximum atomic E-state index is 13.3. The van der Waals surface area contributed by atoms with Crippen molar-refractivity contribution in [1.29, 1.82) is 0 Å². The first-order valence-corrected chi connectivity index (χ1v) is 5.15. The molecule has 0 amide bonds. The van der Waals surface area contributed by atoms with Crippen LogP contribution in [0.1, 0.15) is 11.3 Å². The van der Waals surface area contributed by atoms with Crippen molar-refractivity contribution in [1.82, 2.24) is 9.97 Å². The maximum Gasteiger partial charge on any atom is 0.322 e. The first kappa shape index (κ1) is 11.5. The van der Waals surface area contributed by atoms with Gasteiger partial charge in [0.05, 0.1) is 0 Å². The van der Waals surface area contributed by atoms with Gasteiger partial charge >= 0.3 is 6.01 Å². The first-order valence-electron chi connectivity index (χ1n) is 5.15. The van der Waals surface area contributed by atoms with E-state index in [2.05, 4.69) is 9.97 Å². The molecular formula is C12H12FN3O. The molecule has 0 radical (unpaired) electrons. The normalized spacial score (nSPS) is 10.3. The van der Waals surface area contributed by atoms with E-state index < -0.39 is 5.82 Å². The zero-order valence-electron chi connectivity index (χ0n) is 9.35. The Balaban J connectivity index is 2.25. The summed E-state index contributed by atoms with van der Waals surface area (Å²) in [7, 11) is 0. The van der Waals surface area contributed by atoms with Crippen LogP contribution in [0.5, 0.6) is 11.8 Å². The summed E-state index contributed by atoms with van der Waals surface area (Å²) in [5, 5.41) is 0. The maximum absolute atomic E-state index is 13.3. The fraction of sp³-hybridized carbons (Fsp3) is 0.167. The van der Waals surface area contributed by atoms with Crippen LogP contribution in [0, 0.1) is 12.7 Å². The number of ether oxygens (including phenoxy) is 1. The van der Waals surface area contributed by atoms with Crippen LogP contribution in [0.3, 0.4) is 0 Å². The van der Waals surface area contributed by atoms with Crippen LogP contribution in [0.15, 0.2) is 30.5 Å². The molecule has 4 nitrogen and oxygen atoms in total. The van der Waals surface area contributed by atoms with Crippen LogP contribution in [0.25, 0.3) is 0 Å². The van der Waals surface area contributed by atoms with Crippen LogP contribution in [0.2, 0.25) is 0 Å². The molecule has 2 aromatic rings. The SMILES string of the molecule is Cc1nc(Oc2ccccc2F)ncc1CN. The predicted octanol–water partition coefficient (Wildman–Crippen LogP) is 2.18. The topological polar surface area (TPSA) is 61.0 Å². The van der Waals surface area contributed by atoms with Crippen LogP contribution < -0.4 is 10.5 Å². The van der Waals surface area contributed by atoms with E-state index >= 15 is 0 Å². The molecule has 1 aromatic carbocycles. The van der Waals surface area contributed by atoms with E-state index in [0.717, 1.165) is 11.3 Å². The van der Waals surface area contributed by atoms with E-state index in [1.54, 1.807) is 25.3 Å². The Hall–Kier alpha value is -2.01. The Kier molecular flexibility index (Phi) is 3.30. The molecule has 0 aliphatic carbocycles. The average molecular weight is 233 g/mol. The second kappa shape index (κ2) is 4.88. The van der Waals surface area contributed by atoms with Crippen molar-refractivity contribution in [2.75, 3.05) is 0 Å². The highest BCUT2D eigenvalue weighted by Crippen LogP contribution is 2.21. The van der Waals surface area contributed by atoms with Crippen molar-refractivity contribution in [3.63, 3.8) is 0 Å². The molecule has 1 heterocycles. The minimum Gasteiger partial charge on any atom is -0.421 e. The summed E-state index contributed by atoms with van der Waals surface area (Å²) in [5.74, 6) is -0.343. The molecule has 0 spiro atoms. The molecule has 0 aliphatic heterocycles. The van der Waals surface area contributed by atoms with Gasteiger partial charge in [-0.3, -0.25) is 0 Å². The largest absolute Gasteiger partial charge is 0.421 e. The standard InChI is InChI=1S/C12H12FN3O/c1-8-9(6-14)7-15-12(16-8)17-11-5-3-2-4-10(11)13/h2-5,7H,6,14H2,1H3. The second-order valence-corrected chi connectivity index (χ2v) is 3.50. The van der Waals surface area contributed by atoms with Crippen molar-refractivity contribution in [2.45, 2.75) is 13.5 Å². The summed E-state index contributed by atoms with van der Waals surface area (Å²) in [5.41, 5.74) is 7.07. The number of hydrogen-bond donors (Lipinski definition) is 1. The lowest BCUT2D eigenvalue weighted by atomic mass is 10.2. The quantitative estimate of drug-likeness (QED) is 0.882. The zero-order chi connectivity index (χ0) is 12.3. The van der Waals surface area contributed by atoms with Crippen molar-refractivity contribution in [3.05, 3.63) is 47.5 Å². The fourth-order valence-corrected chi connectivity index (χ4v) is 1.35. The van der Waals surface area contributed by atoms with Crippen molar-refractivity contribution >= 4 is 0 Å². The van der Waals surface area contributed by atoms with Gasteiger partial charge in [-0.15, -0.1) is 0 Å². The van der Waals surface area contributed by atoms with Gasteiger partial charge in [0.2, 0.25) is 0 Å². The van der Waals surface area contributed by atoms with E-state index in [1.807, 2.05) is 0 Å². The van der Waals surface area contributed by atoms with Crippen LogP contribution in [-0.4, -0.2) is 9.97 Å². The monoisotopic (exact) mass is 233 g/mol. The summed E-state index contributed by atoms with van der Waals surface area (Å²) < 4.78 is 18.6. The zero-order valence-corrected chi connectivity index (χ0v) is 9.35. The highest BCUT2D eigenvalue weighted by Gasteiger charge is 2.07. The molecule has 0 unspecified atom stereocenters. The Labute approximate surface area is 98.3 Å². The van der Waals surface area contributed by atoms with Gasteiger partial charge in [0.25, 0.3) is 0 Å². The predicted molar refractivity (Wildman–Crippen MR) is 61.1 cm³/mol. The van der Waals surface area contributed by atoms with Crippen molar-refractivity contribution < 1.29 is 9.13 Å². The molecule has 5 heteroatoms. The smallest absolute Gasteiger partial charge is 0.322 e. The van der Waals surface area contributed by atoms with E-state index in [-0.39, 0.29) is 11.8 Å². The Morgan fingerprint density at radius 1 is 1.35 bits per heavy atom. The molecule has 0 bridgehead atoms. The molecule has 88 valence electrons. The fourth-order valence-electron chi connectivity index (χ4n) is 1.35. The van der Waals surface area contributed by atoms with Gasteiger partial charge in [0.15, 0.2) is 11.6 Å². The molecule has 17 heavy (non-hydrogen) atoms. The second-order valence-electron chi connectivity index (χ2n) is 3.50. The lowest BCUT2D eigenvalue weighted by molar-refractivity contribution is 0.409. The third-order valence-electron chi connectivity index (χ3n) is 2.32. The molecule has 0 atom stereocenters. The Bertz CT molecular complexity index is 531. The summed E-state index contributed by atoms with van der Waals surface area (Å²) in [6.07, 6.45) is 1.58. The highest BCUT2D eigenvalue weighted by molar-refractivity contribution is 5.27. The lowest BCUT2D eigenvalue weighted by Gasteiger charge is -2.06. The Morgan fingerprint density at radius 2 is 2.12 bits per heavy atom. The molecule has 1 aromatic heterocycles. The number of aromatic nitrogens is 2. The number of nitrogens with zero attached hydrogens (tertiary/aromatic N) is 2. The van der Waals surface area contributed by atoms with E-state index in [1.165, 1.54) is 12.1 Å². The minimum absolute atomic E-state index is 0.104. The third kappa shape index (κ3) is 2.57.